The Labute approximate surface area is 362 Å². The maximum atomic E-state index is 12.8. The van der Waals surface area contributed by atoms with E-state index in [2.05, 4.69) is 59.7 Å². The number of amides is 6. The fraction of sp³-hybridized carbons (Fsp3) is 0.476. The highest BCUT2D eigenvalue weighted by Gasteiger charge is 2.40. The predicted octanol–water partition coefficient (Wildman–Crippen LogP) is 2.60. The minimum atomic E-state index is -0.586. The van der Waals surface area contributed by atoms with Gasteiger partial charge >= 0.3 is 11.9 Å². The van der Waals surface area contributed by atoms with Crippen molar-refractivity contribution < 1.29 is 47.8 Å². The van der Waals surface area contributed by atoms with Gasteiger partial charge in [-0.2, -0.15) is 0 Å². The molecule has 3 N–H and O–H groups in total. The first-order valence-corrected chi connectivity index (χ1v) is 20.9. The highest BCUT2D eigenvalue weighted by Crippen LogP contribution is 2.34. The number of nitrogens with zero attached hydrogens (tertiary/aromatic N) is 3. The molecule has 3 saturated heterocycles. The molecule has 6 heterocycles. The number of imide groups is 2. The summed E-state index contributed by atoms with van der Waals surface area (Å²) in [5, 5.41) is 8.23. The van der Waals surface area contributed by atoms with Crippen molar-refractivity contribution >= 4 is 81.3 Å². The molecule has 0 aliphatic carbocycles. The molecule has 0 aromatic heterocycles. The van der Waals surface area contributed by atoms with Crippen LogP contribution in [0.2, 0.25) is 0 Å². The third-order valence-corrected chi connectivity index (χ3v) is 11.9. The Morgan fingerprint density at radius 2 is 1.28 bits per heavy atom. The van der Waals surface area contributed by atoms with Gasteiger partial charge in [0.1, 0.15) is 17.4 Å². The average molecular weight is 914 g/mol. The van der Waals surface area contributed by atoms with Crippen LogP contribution in [0.5, 0.6) is 0 Å². The molecule has 322 valence electrons. The summed E-state index contributed by atoms with van der Waals surface area (Å²) in [6.07, 6.45) is 6.35. The molecule has 6 aliphatic rings. The fourth-order valence-corrected chi connectivity index (χ4v) is 8.46. The number of fused-ring (bicyclic) bond motifs is 2. The molecule has 2 atom stereocenters. The molecule has 0 bridgehead atoms. The van der Waals surface area contributed by atoms with Crippen LogP contribution in [0.25, 0.3) is 5.57 Å². The molecule has 3 fully saturated rings. The van der Waals surface area contributed by atoms with Gasteiger partial charge in [0, 0.05) is 43.6 Å². The van der Waals surface area contributed by atoms with Gasteiger partial charge in [-0.25, -0.2) is 0 Å². The maximum absolute atomic E-state index is 12.8. The van der Waals surface area contributed by atoms with E-state index >= 15 is 0 Å². The molecule has 60 heavy (non-hydrogen) atoms. The van der Waals surface area contributed by atoms with Crippen LogP contribution < -0.4 is 16.0 Å². The lowest BCUT2D eigenvalue weighted by Crippen LogP contribution is -2.52. The number of alkyl halides is 1. The quantitative estimate of drug-likeness (QED) is 0.209. The van der Waals surface area contributed by atoms with Gasteiger partial charge < -0.3 is 24.6 Å². The van der Waals surface area contributed by atoms with E-state index in [1.807, 2.05) is 24.3 Å². The van der Waals surface area contributed by atoms with Crippen molar-refractivity contribution in [3.8, 4) is 0 Å². The molecule has 2 aromatic rings. The number of piperidine rings is 3. The Bertz CT molecular complexity index is 2050. The van der Waals surface area contributed by atoms with E-state index in [1.54, 1.807) is 9.80 Å². The zero-order valence-corrected chi connectivity index (χ0v) is 36.0. The largest absolute Gasteiger partial charge is 0.468 e. The number of hydrogen-bond donors (Lipinski definition) is 3. The normalized spacial score (nSPS) is 21.5. The zero-order valence-electron chi connectivity index (χ0n) is 33.6. The van der Waals surface area contributed by atoms with Crippen LogP contribution >= 0.6 is 28.3 Å². The second-order valence-electron chi connectivity index (χ2n) is 15.1. The molecule has 8 rings (SSSR count). The van der Waals surface area contributed by atoms with Crippen LogP contribution in [0.3, 0.4) is 0 Å². The standard InChI is InChI=1S/C21H25N3O5.C18H19N3O3.C3H5BrO2.ClH/c1-29-19(26)12-23-8-6-13(7-9-23)14-2-3-16-15(10-14)11-24(21(16)28)17-4-5-18(25)22-20(17)27;22-16-4-3-15(17(23)20-16)21-10-13-9-12(1-2-14(13)18(21)24)11-5-7-19-8-6-11;1-6-3(5)2-4;/h2-3,10,13,17H,4-9,11-12H2,1H3,(H,22,25,27);1-2,5,9,15,19H,3-4,6-8,10H2,(H,20,22,23);2H2,1H3;1H. The molecular weight excluding hydrogens is 864 g/mol. The summed E-state index contributed by atoms with van der Waals surface area (Å²) in [5.74, 6) is -1.64. The van der Waals surface area contributed by atoms with Crippen LogP contribution in [0.4, 0.5) is 0 Å². The van der Waals surface area contributed by atoms with E-state index in [1.165, 1.54) is 25.4 Å². The number of ether oxygens (including phenoxy) is 2. The topological polar surface area (TPSA) is 201 Å². The number of carbonyl (C=O) groups excluding carboxylic acids is 8. The summed E-state index contributed by atoms with van der Waals surface area (Å²) in [7, 11) is 2.75. The van der Waals surface area contributed by atoms with Gasteiger partial charge in [0.05, 0.1) is 20.8 Å². The second-order valence-corrected chi connectivity index (χ2v) is 15.7. The average Bonchev–Trinajstić information content (AvgIpc) is 3.75. The van der Waals surface area contributed by atoms with E-state index in [9.17, 15) is 38.4 Å². The van der Waals surface area contributed by atoms with Crippen molar-refractivity contribution in [2.45, 2.75) is 76.0 Å². The molecule has 2 aromatic carbocycles. The second kappa shape index (κ2) is 21.0. The first-order valence-electron chi connectivity index (χ1n) is 19.8. The Morgan fingerprint density at radius 1 is 0.733 bits per heavy atom. The molecule has 2 unspecified atom stereocenters. The lowest BCUT2D eigenvalue weighted by molar-refractivity contribution is -0.142. The first-order chi connectivity index (χ1) is 28.4. The number of benzene rings is 2. The van der Waals surface area contributed by atoms with E-state index in [0.717, 1.165) is 62.1 Å². The van der Waals surface area contributed by atoms with Crippen molar-refractivity contribution in [1.29, 1.82) is 0 Å². The molecule has 0 spiro atoms. The Morgan fingerprint density at radius 3 is 1.77 bits per heavy atom. The number of likely N-dealkylation sites (tertiary alicyclic amines) is 1. The summed E-state index contributed by atoms with van der Waals surface area (Å²) >= 11 is 2.90. The molecular formula is C42H50BrClN6O10. The summed E-state index contributed by atoms with van der Waals surface area (Å²) < 4.78 is 8.95. The number of methoxy groups -OCH3 is 2. The summed E-state index contributed by atoms with van der Waals surface area (Å²) in [6, 6.07) is 10.7. The smallest absolute Gasteiger partial charge is 0.319 e. The van der Waals surface area contributed by atoms with Crippen LogP contribution in [0.1, 0.15) is 93.8 Å². The SMILES string of the molecule is COC(=O)CBr.COC(=O)CN1CCC(c2ccc3c(c2)CN(C2CCC(=O)NC2=O)C3=O)CC1.Cl.O=C1CCC(N2Cc3cc(C4=CCNCC4)ccc3C2=O)C(=O)N1. The summed E-state index contributed by atoms with van der Waals surface area (Å²) in [6.45, 7) is 4.65. The summed E-state index contributed by atoms with van der Waals surface area (Å²) in [5.41, 5.74) is 6.84. The van der Waals surface area contributed by atoms with Gasteiger partial charge in [-0.15, -0.1) is 12.4 Å². The number of rotatable bonds is 7. The minimum Gasteiger partial charge on any atom is -0.468 e. The third-order valence-electron chi connectivity index (χ3n) is 11.5. The Balaban J connectivity index is 0.000000200. The lowest BCUT2D eigenvalue weighted by Gasteiger charge is -2.31. The minimum absolute atomic E-state index is 0. The molecule has 6 amide bonds. The van der Waals surface area contributed by atoms with Gasteiger partial charge in [-0.3, -0.25) is 53.9 Å². The van der Waals surface area contributed by atoms with Gasteiger partial charge in [0.25, 0.3) is 11.8 Å². The third kappa shape index (κ3) is 10.8. The number of nitrogens with one attached hydrogen (secondary N) is 3. The van der Waals surface area contributed by atoms with E-state index in [4.69, 9.17) is 4.74 Å². The molecule has 6 aliphatic heterocycles. The van der Waals surface area contributed by atoms with E-state index in [0.29, 0.717) is 49.5 Å². The van der Waals surface area contributed by atoms with Crippen LogP contribution in [-0.4, -0.2) is 126 Å². The predicted molar refractivity (Wildman–Crippen MR) is 224 cm³/mol. The van der Waals surface area contributed by atoms with Gasteiger partial charge in [-0.05, 0) is 104 Å². The number of carbonyl (C=O) groups is 8. The van der Waals surface area contributed by atoms with Crippen molar-refractivity contribution in [2.75, 3.05) is 52.3 Å². The molecule has 0 radical (unpaired) electrons. The fourth-order valence-electron chi connectivity index (χ4n) is 8.23. The van der Waals surface area contributed by atoms with Crippen molar-refractivity contribution in [3.05, 3.63) is 75.9 Å². The maximum Gasteiger partial charge on any atom is 0.319 e. The van der Waals surface area contributed by atoms with Gasteiger partial charge in [-0.1, -0.05) is 40.2 Å². The van der Waals surface area contributed by atoms with E-state index in [-0.39, 0.29) is 78.0 Å². The highest BCUT2D eigenvalue weighted by molar-refractivity contribution is 9.09. The monoisotopic (exact) mass is 912 g/mol. The van der Waals surface area contributed by atoms with Crippen molar-refractivity contribution in [1.82, 2.24) is 30.7 Å². The van der Waals surface area contributed by atoms with Crippen LogP contribution in [0, 0.1) is 0 Å². The van der Waals surface area contributed by atoms with Crippen LogP contribution in [0.15, 0.2) is 42.5 Å². The zero-order chi connectivity index (χ0) is 42.2. The molecule has 16 nitrogen and oxygen atoms in total. The summed E-state index contributed by atoms with van der Waals surface area (Å²) in [4.78, 5) is 99.0. The van der Waals surface area contributed by atoms with Crippen molar-refractivity contribution in [3.63, 3.8) is 0 Å². The Kier molecular flexibility index (Phi) is 16.1. The lowest BCUT2D eigenvalue weighted by atomic mass is 9.88. The molecule has 18 heteroatoms. The number of halogens is 2. The first kappa shape index (κ1) is 46.1. The van der Waals surface area contributed by atoms with Crippen molar-refractivity contribution in [2.24, 2.45) is 0 Å². The van der Waals surface area contributed by atoms with Gasteiger partial charge in [0.2, 0.25) is 23.6 Å². The number of hydrogen-bond acceptors (Lipinski definition) is 12. The van der Waals surface area contributed by atoms with E-state index < -0.39 is 12.1 Å². The van der Waals surface area contributed by atoms with Crippen LogP contribution in [-0.2, 0) is 51.3 Å². The molecule has 0 saturated carbocycles. The Hall–Kier alpha value is -4.97. The van der Waals surface area contributed by atoms with Gasteiger partial charge in [0.15, 0.2) is 0 Å². The number of esters is 2. The highest BCUT2D eigenvalue weighted by atomic mass is 79.9.